The second-order valence-corrected chi connectivity index (χ2v) is 3.54. The molecule has 78 valence electrons. The highest BCUT2D eigenvalue weighted by Crippen LogP contribution is 2.19. The third-order valence-corrected chi connectivity index (χ3v) is 2.21. The SMILES string of the molecule is C[C@](N)(CO)c1ccc(CO)c(F)c1. The summed E-state index contributed by atoms with van der Waals surface area (Å²) < 4.78 is 13.2. The van der Waals surface area contributed by atoms with Crippen molar-refractivity contribution in [3.63, 3.8) is 0 Å². The zero-order chi connectivity index (χ0) is 10.8. The highest BCUT2D eigenvalue weighted by molar-refractivity contribution is 5.29. The molecule has 0 spiro atoms. The van der Waals surface area contributed by atoms with E-state index in [2.05, 4.69) is 0 Å². The average Bonchev–Trinajstić information content (AvgIpc) is 2.17. The summed E-state index contributed by atoms with van der Waals surface area (Å²) in [7, 11) is 0. The molecule has 3 nitrogen and oxygen atoms in total. The van der Waals surface area contributed by atoms with Crippen LogP contribution in [-0.2, 0) is 12.1 Å². The van der Waals surface area contributed by atoms with Crippen LogP contribution in [0.3, 0.4) is 0 Å². The second kappa shape index (κ2) is 4.04. The van der Waals surface area contributed by atoms with Gasteiger partial charge in [0.05, 0.1) is 18.8 Å². The minimum Gasteiger partial charge on any atom is -0.394 e. The number of benzene rings is 1. The van der Waals surface area contributed by atoms with E-state index in [1.165, 1.54) is 12.1 Å². The highest BCUT2D eigenvalue weighted by atomic mass is 19.1. The van der Waals surface area contributed by atoms with Gasteiger partial charge in [-0.1, -0.05) is 12.1 Å². The van der Waals surface area contributed by atoms with E-state index in [0.29, 0.717) is 5.56 Å². The molecule has 1 aromatic carbocycles. The zero-order valence-electron chi connectivity index (χ0n) is 8.00. The molecule has 0 fully saturated rings. The topological polar surface area (TPSA) is 66.5 Å². The first kappa shape index (κ1) is 11.1. The molecule has 1 aromatic rings. The lowest BCUT2D eigenvalue weighted by Crippen LogP contribution is -2.37. The fraction of sp³-hybridized carbons (Fsp3) is 0.400. The number of hydrogen-bond acceptors (Lipinski definition) is 3. The van der Waals surface area contributed by atoms with Crippen molar-refractivity contribution in [1.29, 1.82) is 0 Å². The van der Waals surface area contributed by atoms with Gasteiger partial charge in [0.25, 0.3) is 0 Å². The molecule has 0 saturated heterocycles. The van der Waals surface area contributed by atoms with E-state index in [1.807, 2.05) is 0 Å². The van der Waals surface area contributed by atoms with Crippen molar-refractivity contribution in [3.05, 3.63) is 35.1 Å². The Bertz CT molecular complexity index is 326. The molecule has 4 N–H and O–H groups in total. The van der Waals surface area contributed by atoms with E-state index in [9.17, 15) is 4.39 Å². The summed E-state index contributed by atoms with van der Waals surface area (Å²) in [4.78, 5) is 0. The van der Waals surface area contributed by atoms with E-state index in [-0.39, 0.29) is 18.8 Å². The molecule has 4 heteroatoms. The van der Waals surface area contributed by atoms with Crippen LogP contribution in [0.4, 0.5) is 4.39 Å². The van der Waals surface area contributed by atoms with Gasteiger partial charge in [0.1, 0.15) is 5.82 Å². The smallest absolute Gasteiger partial charge is 0.129 e. The van der Waals surface area contributed by atoms with E-state index < -0.39 is 11.4 Å². The van der Waals surface area contributed by atoms with Crippen molar-refractivity contribution < 1.29 is 14.6 Å². The Morgan fingerprint density at radius 3 is 2.50 bits per heavy atom. The summed E-state index contributed by atoms with van der Waals surface area (Å²) in [6, 6.07) is 4.30. The molecule has 0 heterocycles. The molecule has 0 radical (unpaired) electrons. The van der Waals surface area contributed by atoms with Crippen LogP contribution in [0.2, 0.25) is 0 Å². The quantitative estimate of drug-likeness (QED) is 0.663. The van der Waals surface area contributed by atoms with Gasteiger partial charge in [-0.2, -0.15) is 0 Å². The summed E-state index contributed by atoms with van der Waals surface area (Å²) in [6.07, 6.45) is 0. The molecule has 0 saturated carbocycles. The van der Waals surface area contributed by atoms with E-state index in [1.54, 1.807) is 13.0 Å². The predicted octanol–water partition coefficient (Wildman–Crippen LogP) is 0.484. The molecule has 0 bridgehead atoms. The Morgan fingerprint density at radius 1 is 1.43 bits per heavy atom. The summed E-state index contributed by atoms with van der Waals surface area (Å²) >= 11 is 0. The monoisotopic (exact) mass is 199 g/mol. The van der Waals surface area contributed by atoms with Crippen LogP contribution in [0.1, 0.15) is 18.1 Å². The molecule has 0 aliphatic rings. The first-order chi connectivity index (χ1) is 6.51. The van der Waals surface area contributed by atoms with Crippen LogP contribution < -0.4 is 5.73 Å². The number of aliphatic hydroxyl groups is 2. The van der Waals surface area contributed by atoms with Gasteiger partial charge in [-0.15, -0.1) is 0 Å². The largest absolute Gasteiger partial charge is 0.394 e. The highest BCUT2D eigenvalue weighted by Gasteiger charge is 2.20. The number of halogens is 1. The maximum Gasteiger partial charge on any atom is 0.129 e. The molecule has 1 atom stereocenters. The average molecular weight is 199 g/mol. The minimum absolute atomic E-state index is 0.225. The Balaban J connectivity index is 3.08. The summed E-state index contributed by atoms with van der Waals surface area (Å²) in [5.74, 6) is -0.505. The fourth-order valence-electron chi connectivity index (χ4n) is 1.12. The summed E-state index contributed by atoms with van der Waals surface area (Å²) in [5.41, 5.74) is 5.50. The van der Waals surface area contributed by atoms with Crippen molar-refractivity contribution >= 4 is 0 Å². The first-order valence-corrected chi connectivity index (χ1v) is 4.31. The summed E-state index contributed by atoms with van der Waals surface area (Å²) in [5, 5.41) is 17.7. The Morgan fingerprint density at radius 2 is 2.07 bits per heavy atom. The Labute approximate surface area is 82.0 Å². The van der Waals surface area contributed by atoms with Crippen molar-refractivity contribution in [2.75, 3.05) is 6.61 Å². The molecule has 0 aliphatic heterocycles. The minimum atomic E-state index is -0.950. The maximum absolute atomic E-state index is 13.2. The van der Waals surface area contributed by atoms with E-state index in [0.717, 1.165) is 0 Å². The van der Waals surface area contributed by atoms with Crippen molar-refractivity contribution in [2.24, 2.45) is 5.73 Å². The normalized spacial score (nSPS) is 15.2. The molecule has 0 aliphatic carbocycles. The van der Waals surface area contributed by atoms with Crippen LogP contribution in [0.5, 0.6) is 0 Å². The van der Waals surface area contributed by atoms with Crippen molar-refractivity contribution in [1.82, 2.24) is 0 Å². The van der Waals surface area contributed by atoms with Gasteiger partial charge in [0.2, 0.25) is 0 Å². The lowest BCUT2D eigenvalue weighted by atomic mass is 9.93. The fourth-order valence-corrected chi connectivity index (χ4v) is 1.12. The van der Waals surface area contributed by atoms with Crippen molar-refractivity contribution in [2.45, 2.75) is 19.1 Å². The number of hydrogen-bond donors (Lipinski definition) is 3. The predicted molar refractivity (Wildman–Crippen MR) is 50.9 cm³/mol. The van der Waals surface area contributed by atoms with Gasteiger partial charge >= 0.3 is 0 Å². The van der Waals surface area contributed by atoms with Crippen LogP contribution in [-0.4, -0.2) is 16.8 Å². The van der Waals surface area contributed by atoms with Crippen LogP contribution >= 0.6 is 0 Å². The Kier molecular flexibility index (Phi) is 3.21. The molecular formula is C10H14FNO2. The van der Waals surface area contributed by atoms with Gasteiger partial charge in [-0.25, -0.2) is 4.39 Å². The van der Waals surface area contributed by atoms with Gasteiger partial charge in [0.15, 0.2) is 0 Å². The lowest BCUT2D eigenvalue weighted by Gasteiger charge is -2.22. The van der Waals surface area contributed by atoms with Gasteiger partial charge < -0.3 is 15.9 Å². The van der Waals surface area contributed by atoms with Crippen LogP contribution in [0.15, 0.2) is 18.2 Å². The molecule has 1 rings (SSSR count). The third kappa shape index (κ3) is 2.09. The van der Waals surface area contributed by atoms with Gasteiger partial charge in [-0.3, -0.25) is 0 Å². The van der Waals surface area contributed by atoms with Crippen LogP contribution in [0.25, 0.3) is 0 Å². The summed E-state index contributed by atoms with van der Waals surface area (Å²) in [6.45, 7) is 1.01. The van der Waals surface area contributed by atoms with E-state index in [4.69, 9.17) is 15.9 Å². The maximum atomic E-state index is 13.2. The standard InChI is InChI=1S/C10H14FNO2/c1-10(12,6-14)8-3-2-7(5-13)9(11)4-8/h2-4,13-14H,5-6,12H2,1H3/t10-/m0/s1. The molecule has 0 amide bonds. The molecular weight excluding hydrogens is 185 g/mol. The second-order valence-electron chi connectivity index (χ2n) is 3.54. The van der Waals surface area contributed by atoms with Gasteiger partial charge in [0, 0.05) is 5.56 Å². The number of rotatable bonds is 3. The Hall–Kier alpha value is -0.970. The zero-order valence-corrected chi connectivity index (χ0v) is 8.00. The molecule has 0 aromatic heterocycles. The van der Waals surface area contributed by atoms with Crippen molar-refractivity contribution in [3.8, 4) is 0 Å². The molecule has 0 unspecified atom stereocenters. The van der Waals surface area contributed by atoms with E-state index >= 15 is 0 Å². The lowest BCUT2D eigenvalue weighted by molar-refractivity contribution is 0.209. The van der Waals surface area contributed by atoms with Gasteiger partial charge in [-0.05, 0) is 18.6 Å². The number of nitrogens with two attached hydrogens (primary N) is 1. The number of aliphatic hydroxyl groups excluding tert-OH is 2. The third-order valence-electron chi connectivity index (χ3n) is 2.21. The molecule has 14 heavy (non-hydrogen) atoms. The van der Waals surface area contributed by atoms with Crippen LogP contribution in [0, 0.1) is 5.82 Å². The first-order valence-electron chi connectivity index (χ1n) is 4.31.